The van der Waals surface area contributed by atoms with Gasteiger partial charge in [0.15, 0.2) is 0 Å². The van der Waals surface area contributed by atoms with Gasteiger partial charge in [0.05, 0.1) is 12.3 Å². The fraction of sp³-hybridized carbons (Fsp3) is 0.115. The van der Waals surface area contributed by atoms with Crippen LogP contribution < -0.4 is 4.72 Å². The lowest BCUT2D eigenvalue weighted by Gasteiger charge is -2.14. The van der Waals surface area contributed by atoms with Crippen molar-refractivity contribution in [2.24, 2.45) is 0 Å². The van der Waals surface area contributed by atoms with Gasteiger partial charge in [0.1, 0.15) is 10.5 Å². The molecule has 0 fully saturated rings. The Kier molecular flexibility index (Phi) is 6.77. The standard InChI is InChI=1S/C26H23ClN2O4S/c1-3-33-26(30)23-18(2)29(22-12-8-5-9-13-22)24(19-10-6-4-7-11-19)25(23)34(31,32)28-21-16-14-20(27)15-17-21/h4-17,28H,3H2,1-2H3. The zero-order valence-corrected chi connectivity index (χ0v) is 20.2. The van der Waals surface area contributed by atoms with Crippen molar-refractivity contribution in [1.82, 2.24) is 4.57 Å². The van der Waals surface area contributed by atoms with Gasteiger partial charge in [-0.1, -0.05) is 60.1 Å². The Morgan fingerprint density at radius 3 is 2.12 bits per heavy atom. The number of rotatable bonds is 7. The Balaban J connectivity index is 2.06. The van der Waals surface area contributed by atoms with Crippen LogP contribution in [-0.4, -0.2) is 25.6 Å². The van der Waals surface area contributed by atoms with Crippen LogP contribution >= 0.6 is 11.6 Å². The third-order valence-electron chi connectivity index (χ3n) is 5.27. The molecule has 0 aliphatic rings. The number of hydrogen-bond donors (Lipinski definition) is 1. The molecule has 0 radical (unpaired) electrons. The molecule has 174 valence electrons. The number of esters is 1. The van der Waals surface area contributed by atoms with Crippen LogP contribution in [0.2, 0.25) is 5.02 Å². The number of para-hydroxylation sites is 1. The van der Waals surface area contributed by atoms with Crippen molar-refractivity contribution in [3.8, 4) is 16.9 Å². The predicted octanol–water partition coefficient (Wildman–Crippen LogP) is 6.08. The maximum atomic E-state index is 13.8. The van der Waals surface area contributed by atoms with Crippen LogP contribution in [-0.2, 0) is 14.8 Å². The topological polar surface area (TPSA) is 77.4 Å². The van der Waals surface area contributed by atoms with Crippen LogP contribution in [0.1, 0.15) is 23.0 Å². The van der Waals surface area contributed by atoms with Crippen LogP contribution in [0.5, 0.6) is 0 Å². The lowest BCUT2D eigenvalue weighted by molar-refractivity contribution is 0.0521. The summed E-state index contributed by atoms with van der Waals surface area (Å²) in [7, 11) is -4.22. The van der Waals surface area contributed by atoms with Gasteiger partial charge in [0.25, 0.3) is 10.0 Å². The number of carbonyl (C=O) groups excluding carboxylic acids is 1. The van der Waals surface area contributed by atoms with Gasteiger partial charge in [0, 0.05) is 22.1 Å². The quantitative estimate of drug-likeness (QED) is 0.316. The van der Waals surface area contributed by atoms with Crippen molar-refractivity contribution in [2.75, 3.05) is 11.3 Å². The molecule has 0 unspecified atom stereocenters. The van der Waals surface area contributed by atoms with Crippen molar-refractivity contribution >= 4 is 33.3 Å². The molecule has 1 heterocycles. The highest BCUT2D eigenvalue weighted by Gasteiger charge is 2.35. The fourth-order valence-corrected chi connectivity index (χ4v) is 5.49. The summed E-state index contributed by atoms with van der Waals surface area (Å²) in [6, 6.07) is 24.7. The number of anilines is 1. The maximum absolute atomic E-state index is 13.8. The van der Waals surface area contributed by atoms with E-state index in [0.717, 1.165) is 5.69 Å². The van der Waals surface area contributed by atoms with Gasteiger partial charge in [-0.15, -0.1) is 0 Å². The van der Waals surface area contributed by atoms with Crippen molar-refractivity contribution in [3.63, 3.8) is 0 Å². The van der Waals surface area contributed by atoms with Crippen LogP contribution in [0.15, 0.2) is 89.8 Å². The van der Waals surface area contributed by atoms with E-state index in [1.807, 2.05) is 60.7 Å². The van der Waals surface area contributed by atoms with Gasteiger partial charge in [0.2, 0.25) is 0 Å². The van der Waals surface area contributed by atoms with E-state index in [4.69, 9.17) is 16.3 Å². The number of nitrogens with one attached hydrogen (secondary N) is 1. The fourth-order valence-electron chi connectivity index (χ4n) is 3.85. The van der Waals surface area contributed by atoms with E-state index in [1.54, 1.807) is 42.7 Å². The average molecular weight is 495 g/mol. The number of carbonyl (C=O) groups is 1. The maximum Gasteiger partial charge on any atom is 0.341 e. The van der Waals surface area contributed by atoms with E-state index in [1.165, 1.54) is 0 Å². The Hall–Kier alpha value is -3.55. The lowest BCUT2D eigenvalue weighted by atomic mass is 10.1. The number of halogens is 1. The number of benzene rings is 3. The van der Waals surface area contributed by atoms with Gasteiger partial charge >= 0.3 is 5.97 Å². The number of hydrogen-bond acceptors (Lipinski definition) is 4. The highest BCUT2D eigenvalue weighted by atomic mass is 35.5. The zero-order chi connectivity index (χ0) is 24.3. The van der Waals surface area contributed by atoms with E-state index < -0.39 is 16.0 Å². The zero-order valence-electron chi connectivity index (χ0n) is 18.7. The number of nitrogens with zero attached hydrogens (tertiary/aromatic N) is 1. The summed E-state index contributed by atoms with van der Waals surface area (Å²) in [5.41, 5.74) is 2.50. The van der Waals surface area contributed by atoms with Crippen LogP contribution in [0, 0.1) is 6.92 Å². The second-order valence-electron chi connectivity index (χ2n) is 7.51. The summed E-state index contributed by atoms with van der Waals surface area (Å²) in [6.45, 7) is 3.51. The second kappa shape index (κ2) is 9.75. The van der Waals surface area contributed by atoms with Crippen LogP contribution in [0.4, 0.5) is 5.69 Å². The summed E-state index contributed by atoms with van der Waals surface area (Å²) in [5.74, 6) is -0.705. The number of sulfonamides is 1. The van der Waals surface area contributed by atoms with E-state index >= 15 is 0 Å². The Morgan fingerprint density at radius 1 is 0.941 bits per heavy atom. The second-order valence-corrected chi connectivity index (χ2v) is 9.56. The van der Waals surface area contributed by atoms with Crippen molar-refractivity contribution in [1.29, 1.82) is 0 Å². The molecule has 0 aliphatic heterocycles. The molecule has 0 atom stereocenters. The van der Waals surface area contributed by atoms with E-state index in [9.17, 15) is 13.2 Å². The molecule has 8 heteroatoms. The molecular formula is C26H23ClN2O4S. The van der Waals surface area contributed by atoms with Gasteiger partial charge in [-0.05, 0) is 55.8 Å². The number of aromatic nitrogens is 1. The molecule has 3 aromatic carbocycles. The van der Waals surface area contributed by atoms with Crippen LogP contribution in [0.3, 0.4) is 0 Å². The van der Waals surface area contributed by atoms with Crippen molar-refractivity contribution < 1.29 is 17.9 Å². The van der Waals surface area contributed by atoms with Crippen LogP contribution in [0.25, 0.3) is 16.9 Å². The van der Waals surface area contributed by atoms with E-state index in [-0.39, 0.29) is 17.1 Å². The normalized spacial score (nSPS) is 11.3. The summed E-state index contributed by atoms with van der Waals surface area (Å²) >= 11 is 5.96. The first-order valence-electron chi connectivity index (χ1n) is 10.6. The third kappa shape index (κ3) is 4.58. The average Bonchev–Trinajstić information content (AvgIpc) is 3.15. The molecule has 6 nitrogen and oxygen atoms in total. The molecule has 1 N–H and O–H groups in total. The highest BCUT2D eigenvalue weighted by Crippen LogP contribution is 2.38. The summed E-state index contributed by atoms with van der Waals surface area (Å²) in [5, 5.41) is 0.478. The monoisotopic (exact) mass is 494 g/mol. The SMILES string of the molecule is CCOC(=O)c1c(S(=O)(=O)Nc2ccc(Cl)cc2)c(-c2ccccc2)n(-c2ccccc2)c1C. The highest BCUT2D eigenvalue weighted by molar-refractivity contribution is 7.93. The molecular weight excluding hydrogens is 472 g/mol. The Bertz CT molecular complexity index is 1420. The van der Waals surface area contributed by atoms with Gasteiger partial charge < -0.3 is 9.30 Å². The molecule has 0 bridgehead atoms. The predicted molar refractivity (Wildman–Crippen MR) is 134 cm³/mol. The molecule has 0 saturated carbocycles. The van der Waals surface area contributed by atoms with E-state index in [2.05, 4.69) is 4.72 Å². The molecule has 0 spiro atoms. The molecule has 4 rings (SSSR count). The minimum atomic E-state index is -4.22. The molecule has 4 aromatic rings. The first-order valence-corrected chi connectivity index (χ1v) is 12.5. The van der Waals surface area contributed by atoms with Gasteiger partial charge in [-0.3, -0.25) is 4.72 Å². The van der Waals surface area contributed by atoms with Gasteiger partial charge in [-0.2, -0.15) is 0 Å². The van der Waals surface area contributed by atoms with Crippen molar-refractivity contribution in [2.45, 2.75) is 18.7 Å². The van der Waals surface area contributed by atoms with E-state index in [0.29, 0.717) is 27.7 Å². The Labute approximate surface area is 203 Å². The summed E-state index contributed by atoms with van der Waals surface area (Å²) in [6.07, 6.45) is 0. The van der Waals surface area contributed by atoms with Crippen molar-refractivity contribution in [3.05, 3.63) is 101 Å². The largest absolute Gasteiger partial charge is 0.462 e. The smallest absolute Gasteiger partial charge is 0.341 e. The number of ether oxygens (including phenoxy) is 1. The molecule has 34 heavy (non-hydrogen) atoms. The minimum Gasteiger partial charge on any atom is -0.462 e. The Morgan fingerprint density at radius 2 is 1.53 bits per heavy atom. The lowest BCUT2D eigenvalue weighted by Crippen LogP contribution is -2.18. The molecule has 1 aromatic heterocycles. The summed E-state index contributed by atoms with van der Waals surface area (Å²) < 4.78 is 37.3. The first kappa shape index (κ1) is 23.6. The molecule has 0 aliphatic carbocycles. The molecule has 0 saturated heterocycles. The third-order valence-corrected chi connectivity index (χ3v) is 6.96. The first-order chi connectivity index (χ1) is 16.3. The van der Waals surface area contributed by atoms with Gasteiger partial charge in [-0.25, -0.2) is 13.2 Å². The molecule has 0 amide bonds. The minimum absolute atomic E-state index is 0.00832. The summed E-state index contributed by atoms with van der Waals surface area (Å²) in [4.78, 5) is 13.0.